The van der Waals surface area contributed by atoms with E-state index in [0.29, 0.717) is 31.8 Å². The van der Waals surface area contributed by atoms with Crippen LogP contribution in [0.1, 0.15) is 54.1 Å². The Morgan fingerprint density at radius 1 is 1.10 bits per heavy atom. The van der Waals surface area contributed by atoms with Gasteiger partial charge in [-0.25, -0.2) is 4.79 Å². The van der Waals surface area contributed by atoms with Gasteiger partial charge >= 0.3 is 6.03 Å². The van der Waals surface area contributed by atoms with E-state index in [9.17, 15) is 9.59 Å². The van der Waals surface area contributed by atoms with Gasteiger partial charge in [-0.3, -0.25) is 4.79 Å². The molecule has 1 heterocycles. The van der Waals surface area contributed by atoms with Crippen LogP contribution in [0, 0.1) is 0 Å². The van der Waals surface area contributed by atoms with Crippen molar-refractivity contribution in [3.05, 3.63) is 65.2 Å². The third-order valence-corrected chi connectivity index (χ3v) is 5.37. The first kappa shape index (κ1) is 21.7. The first-order valence-electron chi connectivity index (χ1n) is 10.7. The minimum absolute atomic E-state index is 0.0101. The molecule has 6 heteroatoms. The fourth-order valence-corrected chi connectivity index (χ4v) is 3.85. The van der Waals surface area contributed by atoms with E-state index in [1.807, 2.05) is 67.3 Å². The Balaban J connectivity index is 1.65. The molecule has 1 fully saturated rings. The van der Waals surface area contributed by atoms with Gasteiger partial charge in [-0.2, -0.15) is 0 Å². The molecule has 1 saturated heterocycles. The number of nitrogens with zero attached hydrogens (tertiary/aromatic N) is 1. The molecule has 6 nitrogen and oxygen atoms in total. The lowest BCUT2D eigenvalue weighted by atomic mass is 9.89. The molecular weight excluding hydrogens is 378 g/mol. The van der Waals surface area contributed by atoms with Crippen molar-refractivity contribution >= 4 is 11.9 Å². The zero-order valence-corrected chi connectivity index (χ0v) is 17.8. The second-order valence-electron chi connectivity index (χ2n) is 7.47. The van der Waals surface area contributed by atoms with Gasteiger partial charge in [0.05, 0.1) is 6.61 Å². The zero-order valence-electron chi connectivity index (χ0n) is 17.8. The maximum atomic E-state index is 12.8. The molecule has 160 valence electrons. The molecule has 1 aliphatic heterocycles. The second-order valence-corrected chi connectivity index (χ2v) is 7.47. The predicted octanol–water partition coefficient (Wildman–Crippen LogP) is 3.92. The maximum Gasteiger partial charge on any atom is 0.317 e. The number of carbonyl (C=O) groups excluding carboxylic acids is 2. The topological polar surface area (TPSA) is 70.7 Å². The van der Waals surface area contributed by atoms with Crippen molar-refractivity contribution in [1.29, 1.82) is 0 Å². The second kappa shape index (κ2) is 10.7. The number of carbonyl (C=O) groups is 2. The highest BCUT2D eigenvalue weighted by Gasteiger charge is 2.25. The Morgan fingerprint density at radius 2 is 1.93 bits per heavy atom. The number of nitrogens with one attached hydrogen (secondary N) is 2. The molecule has 0 unspecified atom stereocenters. The summed E-state index contributed by atoms with van der Waals surface area (Å²) in [5, 5.41) is 5.87. The predicted molar refractivity (Wildman–Crippen MR) is 118 cm³/mol. The SMILES string of the molecule is CCNC(=O)N1CCC[C@H](c2cccc(C(=O)NCc3ccccc3OCC)c2)C1. The van der Waals surface area contributed by atoms with Gasteiger partial charge in [-0.15, -0.1) is 0 Å². The minimum Gasteiger partial charge on any atom is -0.494 e. The summed E-state index contributed by atoms with van der Waals surface area (Å²) in [7, 11) is 0. The summed E-state index contributed by atoms with van der Waals surface area (Å²) in [6.07, 6.45) is 1.98. The molecule has 2 N–H and O–H groups in total. The van der Waals surface area contributed by atoms with Crippen LogP contribution in [0.15, 0.2) is 48.5 Å². The van der Waals surface area contributed by atoms with E-state index in [1.54, 1.807) is 0 Å². The fraction of sp³-hybridized carbons (Fsp3) is 0.417. The van der Waals surface area contributed by atoms with Crippen molar-refractivity contribution in [1.82, 2.24) is 15.5 Å². The van der Waals surface area contributed by atoms with Crippen molar-refractivity contribution in [2.45, 2.75) is 39.2 Å². The molecule has 30 heavy (non-hydrogen) atoms. The molecule has 1 atom stereocenters. The highest BCUT2D eigenvalue weighted by atomic mass is 16.5. The number of urea groups is 1. The molecule has 0 radical (unpaired) electrons. The molecule has 3 amide bonds. The van der Waals surface area contributed by atoms with Gasteiger partial charge in [0.15, 0.2) is 0 Å². The standard InChI is InChI=1S/C24H31N3O3/c1-3-25-24(29)27-14-8-12-21(17-27)18-10-7-11-19(15-18)23(28)26-16-20-9-5-6-13-22(20)30-4-2/h5-7,9-11,13,15,21H,3-4,8,12,14,16-17H2,1-2H3,(H,25,29)(H,26,28)/t21-/m0/s1. The molecule has 0 saturated carbocycles. The first-order chi connectivity index (χ1) is 14.6. The summed E-state index contributed by atoms with van der Waals surface area (Å²) in [6, 6.07) is 15.5. The molecule has 2 aromatic rings. The van der Waals surface area contributed by atoms with Crippen molar-refractivity contribution in [3.8, 4) is 5.75 Å². The summed E-state index contributed by atoms with van der Waals surface area (Å²) >= 11 is 0. The highest BCUT2D eigenvalue weighted by molar-refractivity contribution is 5.94. The van der Waals surface area contributed by atoms with E-state index < -0.39 is 0 Å². The number of amides is 3. The number of para-hydroxylation sites is 1. The molecule has 0 aromatic heterocycles. The Bertz CT molecular complexity index is 868. The van der Waals surface area contributed by atoms with Crippen LogP contribution in [0.25, 0.3) is 0 Å². The van der Waals surface area contributed by atoms with Gasteiger partial charge < -0.3 is 20.3 Å². The first-order valence-corrected chi connectivity index (χ1v) is 10.7. The van der Waals surface area contributed by atoms with E-state index in [0.717, 1.165) is 36.3 Å². The third kappa shape index (κ3) is 5.53. The van der Waals surface area contributed by atoms with Crippen LogP contribution in [0.2, 0.25) is 0 Å². The molecular formula is C24H31N3O3. The van der Waals surface area contributed by atoms with Crippen LogP contribution in [-0.4, -0.2) is 43.1 Å². The number of benzene rings is 2. The highest BCUT2D eigenvalue weighted by Crippen LogP contribution is 2.27. The summed E-state index contributed by atoms with van der Waals surface area (Å²) in [4.78, 5) is 26.8. The molecule has 3 rings (SSSR count). The Morgan fingerprint density at radius 3 is 2.73 bits per heavy atom. The van der Waals surface area contributed by atoms with E-state index >= 15 is 0 Å². The molecule has 0 bridgehead atoms. The van der Waals surface area contributed by atoms with Gasteiger partial charge in [0.25, 0.3) is 5.91 Å². The van der Waals surface area contributed by atoms with Crippen LogP contribution >= 0.6 is 0 Å². The number of ether oxygens (including phenoxy) is 1. The number of likely N-dealkylation sites (tertiary alicyclic amines) is 1. The lowest BCUT2D eigenvalue weighted by Crippen LogP contribution is -2.44. The van der Waals surface area contributed by atoms with Crippen LogP contribution in [0.3, 0.4) is 0 Å². The van der Waals surface area contributed by atoms with E-state index in [2.05, 4.69) is 10.6 Å². The van der Waals surface area contributed by atoms with Gasteiger partial charge in [-0.1, -0.05) is 30.3 Å². The minimum atomic E-state index is -0.112. The van der Waals surface area contributed by atoms with Crippen molar-refractivity contribution in [2.24, 2.45) is 0 Å². The van der Waals surface area contributed by atoms with Gasteiger partial charge in [0.2, 0.25) is 0 Å². The molecule has 2 aromatic carbocycles. The van der Waals surface area contributed by atoms with Crippen LogP contribution in [0.5, 0.6) is 5.75 Å². The van der Waals surface area contributed by atoms with E-state index in [4.69, 9.17) is 4.74 Å². The average Bonchev–Trinajstić information content (AvgIpc) is 2.79. The number of piperidine rings is 1. The maximum absolute atomic E-state index is 12.8. The summed E-state index contributed by atoms with van der Waals surface area (Å²) in [5.74, 6) is 0.925. The van der Waals surface area contributed by atoms with Crippen molar-refractivity contribution in [2.75, 3.05) is 26.2 Å². The Hall–Kier alpha value is -3.02. The zero-order chi connectivity index (χ0) is 21.3. The fourth-order valence-electron chi connectivity index (χ4n) is 3.85. The van der Waals surface area contributed by atoms with Crippen molar-refractivity contribution in [3.63, 3.8) is 0 Å². The summed E-state index contributed by atoms with van der Waals surface area (Å²) in [5.41, 5.74) is 2.69. The average molecular weight is 410 g/mol. The Labute approximate surface area is 178 Å². The van der Waals surface area contributed by atoms with Gasteiger partial charge in [-0.05, 0) is 50.5 Å². The molecule has 1 aliphatic rings. The molecule has 0 aliphatic carbocycles. The van der Waals surface area contributed by atoms with Crippen molar-refractivity contribution < 1.29 is 14.3 Å². The lowest BCUT2D eigenvalue weighted by molar-refractivity contribution is 0.0950. The molecule has 0 spiro atoms. The largest absolute Gasteiger partial charge is 0.494 e. The number of hydrogen-bond donors (Lipinski definition) is 2. The summed E-state index contributed by atoms with van der Waals surface area (Å²) < 4.78 is 5.63. The monoisotopic (exact) mass is 409 g/mol. The summed E-state index contributed by atoms with van der Waals surface area (Å²) in [6.45, 7) is 6.95. The lowest BCUT2D eigenvalue weighted by Gasteiger charge is -2.33. The van der Waals surface area contributed by atoms with Gasteiger partial charge in [0.1, 0.15) is 5.75 Å². The van der Waals surface area contributed by atoms with E-state index in [1.165, 1.54) is 0 Å². The Kier molecular flexibility index (Phi) is 7.71. The van der Waals surface area contributed by atoms with E-state index in [-0.39, 0.29) is 17.9 Å². The van der Waals surface area contributed by atoms with Crippen LogP contribution < -0.4 is 15.4 Å². The van der Waals surface area contributed by atoms with Crippen LogP contribution in [-0.2, 0) is 6.54 Å². The number of hydrogen-bond acceptors (Lipinski definition) is 3. The third-order valence-electron chi connectivity index (χ3n) is 5.37. The van der Waals surface area contributed by atoms with Crippen LogP contribution in [0.4, 0.5) is 4.79 Å². The normalized spacial score (nSPS) is 16.1. The van der Waals surface area contributed by atoms with Gasteiger partial charge in [0, 0.05) is 43.2 Å². The smallest absolute Gasteiger partial charge is 0.317 e. The number of rotatable bonds is 7. The quantitative estimate of drug-likeness (QED) is 0.728.